The van der Waals surface area contributed by atoms with E-state index >= 15 is 0 Å². The van der Waals surface area contributed by atoms with Gasteiger partial charge in [-0.05, 0) is 36.6 Å². The summed E-state index contributed by atoms with van der Waals surface area (Å²) in [6.45, 7) is 0.664. The molecule has 1 rings (SSSR count). The van der Waals surface area contributed by atoms with Crippen LogP contribution in [0.3, 0.4) is 0 Å². The van der Waals surface area contributed by atoms with E-state index in [-0.39, 0.29) is 0 Å². The minimum atomic E-state index is 0.526. The molecule has 0 fully saturated rings. The Kier molecular flexibility index (Phi) is 4.85. The fourth-order valence-electron chi connectivity index (χ4n) is 1.13. The van der Waals surface area contributed by atoms with Crippen molar-refractivity contribution >= 4 is 17.4 Å². The van der Waals surface area contributed by atoms with Gasteiger partial charge in [0.25, 0.3) is 0 Å². The van der Waals surface area contributed by atoms with E-state index in [4.69, 9.17) is 15.7 Å². The normalized spacial score (nSPS) is 9.60. The molecular formula is C11H14N2OS. The molecule has 0 heterocycles. The minimum absolute atomic E-state index is 0.526. The van der Waals surface area contributed by atoms with Crippen molar-refractivity contribution in [1.82, 2.24) is 0 Å². The van der Waals surface area contributed by atoms with Crippen molar-refractivity contribution in [1.29, 1.82) is 5.26 Å². The van der Waals surface area contributed by atoms with E-state index in [1.54, 1.807) is 30.0 Å². The van der Waals surface area contributed by atoms with Crippen molar-refractivity contribution in [2.75, 3.05) is 24.3 Å². The molecule has 0 radical (unpaired) electrons. The minimum Gasteiger partial charge on any atom is -0.491 e. The van der Waals surface area contributed by atoms with Gasteiger partial charge in [-0.3, -0.25) is 0 Å². The molecule has 0 aliphatic heterocycles. The highest BCUT2D eigenvalue weighted by atomic mass is 32.2. The van der Waals surface area contributed by atoms with E-state index in [1.165, 1.54) is 0 Å². The van der Waals surface area contributed by atoms with Gasteiger partial charge < -0.3 is 10.5 Å². The van der Waals surface area contributed by atoms with Crippen LogP contribution in [0.4, 0.5) is 5.69 Å². The van der Waals surface area contributed by atoms with Gasteiger partial charge in [-0.25, -0.2) is 0 Å². The van der Waals surface area contributed by atoms with Gasteiger partial charge in [0.15, 0.2) is 0 Å². The highest BCUT2D eigenvalue weighted by Crippen LogP contribution is 2.22. The van der Waals surface area contributed by atoms with E-state index in [9.17, 15) is 0 Å². The number of benzene rings is 1. The van der Waals surface area contributed by atoms with Crippen molar-refractivity contribution in [2.24, 2.45) is 0 Å². The van der Waals surface area contributed by atoms with Crippen LogP contribution in [0.25, 0.3) is 0 Å². The van der Waals surface area contributed by atoms with Gasteiger partial charge in [-0.15, -0.1) is 0 Å². The molecule has 1 aromatic carbocycles. The number of hydrogen-bond acceptors (Lipinski definition) is 4. The molecule has 0 atom stereocenters. The summed E-state index contributed by atoms with van der Waals surface area (Å²) in [6.07, 6.45) is 3.07. The summed E-state index contributed by atoms with van der Waals surface area (Å²) in [5, 5.41) is 8.65. The Balaban J connectivity index is 2.52. The van der Waals surface area contributed by atoms with Gasteiger partial charge in [0.05, 0.1) is 23.9 Å². The smallest absolute Gasteiger partial charge is 0.142 e. The predicted octanol–water partition coefficient (Wildman–Crippen LogP) is 2.27. The second-order valence-electron chi connectivity index (χ2n) is 3.06. The largest absolute Gasteiger partial charge is 0.491 e. The molecule has 0 amide bonds. The van der Waals surface area contributed by atoms with Crippen LogP contribution in [0.2, 0.25) is 0 Å². The Morgan fingerprint density at radius 2 is 2.33 bits per heavy atom. The summed E-state index contributed by atoms with van der Waals surface area (Å²) < 4.78 is 5.49. The number of nitrogen functional groups attached to an aromatic ring is 1. The maximum Gasteiger partial charge on any atom is 0.142 e. The number of thioether (sulfide) groups is 1. The summed E-state index contributed by atoms with van der Waals surface area (Å²) in [7, 11) is 0. The van der Waals surface area contributed by atoms with Crippen LogP contribution in [-0.2, 0) is 0 Å². The third-order valence-corrected chi connectivity index (χ3v) is 2.59. The molecule has 0 spiro atoms. The number of nitrogens with zero attached hydrogens (tertiary/aromatic N) is 1. The molecule has 15 heavy (non-hydrogen) atoms. The topological polar surface area (TPSA) is 59.0 Å². The highest BCUT2D eigenvalue weighted by Gasteiger charge is 2.01. The fourth-order valence-corrected chi connectivity index (χ4v) is 1.54. The Morgan fingerprint density at radius 3 is 2.93 bits per heavy atom. The summed E-state index contributed by atoms with van der Waals surface area (Å²) in [5.74, 6) is 1.74. The molecule has 0 unspecified atom stereocenters. The van der Waals surface area contributed by atoms with Crippen molar-refractivity contribution in [3.05, 3.63) is 23.8 Å². The van der Waals surface area contributed by atoms with Gasteiger partial charge >= 0.3 is 0 Å². The van der Waals surface area contributed by atoms with Crippen molar-refractivity contribution in [3.63, 3.8) is 0 Å². The lowest BCUT2D eigenvalue weighted by Crippen LogP contribution is -2.01. The van der Waals surface area contributed by atoms with Gasteiger partial charge in [0.1, 0.15) is 5.75 Å². The Morgan fingerprint density at radius 1 is 1.53 bits per heavy atom. The first-order chi connectivity index (χ1) is 7.27. The zero-order chi connectivity index (χ0) is 11.1. The second-order valence-corrected chi connectivity index (χ2v) is 4.04. The van der Waals surface area contributed by atoms with Crippen LogP contribution in [0, 0.1) is 11.3 Å². The summed E-state index contributed by atoms with van der Waals surface area (Å²) in [4.78, 5) is 0. The number of ether oxygens (including phenoxy) is 1. The fraction of sp³-hybridized carbons (Fsp3) is 0.364. The lowest BCUT2D eigenvalue weighted by atomic mass is 10.2. The molecule has 0 saturated carbocycles. The van der Waals surface area contributed by atoms with Crippen LogP contribution in [0.5, 0.6) is 5.75 Å². The molecule has 4 heteroatoms. The Hall–Kier alpha value is -1.34. The maximum atomic E-state index is 8.65. The van der Waals surface area contributed by atoms with E-state index in [1.807, 2.05) is 6.07 Å². The lowest BCUT2D eigenvalue weighted by molar-refractivity contribution is 0.320. The third kappa shape index (κ3) is 3.72. The maximum absolute atomic E-state index is 8.65. The zero-order valence-corrected chi connectivity index (χ0v) is 9.51. The van der Waals surface area contributed by atoms with Crippen LogP contribution >= 0.6 is 11.8 Å². The SMILES string of the molecule is CSCCCOc1ccc(C#N)cc1N. The van der Waals surface area contributed by atoms with Crippen LogP contribution < -0.4 is 10.5 Å². The Bertz CT molecular complexity index is 360. The number of nitrogens with two attached hydrogens (primary N) is 1. The number of nitriles is 1. The number of hydrogen-bond donors (Lipinski definition) is 1. The lowest BCUT2D eigenvalue weighted by Gasteiger charge is -2.08. The molecule has 0 saturated heterocycles. The van der Waals surface area contributed by atoms with E-state index in [0.717, 1.165) is 12.2 Å². The van der Waals surface area contributed by atoms with Gasteiger partial charge in [0, 0.05) is 0 Å². The monoisotopic (exact) mass is 222 g/mol. The molecule has 0 aliphatic carbocycles. The molecule has 0 bridgehead atoms. The van der Waals surface area contributed by atoms with Gasteiger partial charge in [-0.1, -0.05) is 0 Å². The van der Waals surface area contributed by atoms with Crippen LogP contribution in [0.15, 0.2) is 18.2 Å². The highest BCUT2D eigenvalue weighted by molar-refractivity contribution is 7.98. The molecule has 3 nitrogen and oxygen atoms in total. The number of rotatable bonds is 5. The predicted molar refractivity (Wildman–Crippen MR) is 64.1 cm³/mol. The van der Waals surface area contributed by atoms with Crippen molar-refractivity contribution in [3.8, 4) is 11.8 Å². The molecule has 0 aliphatic rings. The van der Waals surface area contributed by atoms with Crippen LogP contribution in [-0.4, -0.2) is 18.6 Å². The molecule has 1 aromatic rings. The first-order valence-corrected chi connectivity index (χ1v) is 6.08. The Labute approximate surface area is 94.2 Å². The van der Waals surface area contributed by atoms with E-state index < -0.39 is 0 Å². The summed E-state index contributed by atoms with van der Waals surface area (Å²) in [6, 6.07) is 7.11. The first kappa shape index (κ1) is 11.7. The standard InChI is InChI=1S/C11H14N2OS/c1-15-6-2-5-14-11-4-3-9(8-12)7-10(11)13/h3-4,7H,2,5-6,13H2,1H3. The van der Waals surface area contributed by atoms with E-state index in [2.05, 4.69) is 6.26 Å². The van der Waals surface area contributed by atoms with Gasteiger partial charge in [-0.2, -0.15) is 17.0 Å². The molecule has 0 aromatic heterocycles. The molecule has 2 N–H and O–H groups in total. The average molecular weight is 222 g/mol. The summed E-state index contributed by atoms with van der Waals surface area (Å²) >= 11 is 1.79. The second kappa shape index (κ2) is 6.20. The summed E-state index contributed by atoms with van der Waals surface area (Å²) in [5.41, 5.74) is 6.82. The quantitative estimate of drug-likeness (QED) is 0.613. The van der Waals surface area contributed by atoms with Crippen molar-refractivity contribution < 1.29 is 4.74 Å². The van der Waals surface area contributed by atoms with E-state index in [0.29, 0.717) is 23.6 Å². The van der Waals surface area contributed by atoms with Crippen molar-refractivity contribution in [2.45, 2.75) is 6.42 Å². The third-order valence-electron chi connectivity index (χ3n) is 1.89. The molecule has 80 valence electrons. The van der Waals surface area contributed by atoms with Crippen LogP contribution in [0.1, 0.15) is 12.0 Å². The molecular weight excluding hydrogens is 208 g/mol. The zero-order valence-electron chi connectivity index (χ0n) is 8.69. The first-order valence-electron chi connectivity index (χ1n) is 4.69. The average Bonchev–Trinajstić information content (AvgIpc) is 2.26. The number of anilines is 1. The van der Waals surface area contributed by atoms with Gasteiger partial charge in [0.2, 0.25) is 0 Å².